The summed E-state index contributed by atoms with van der Waals surface area (Å²) in [6.07, 6.45) is 2.47. The Bertz CT molecular complexity index is 955. The van der Waals surface area contributed by atoms with Gasteiger partial charge in [0.2, 0.25) is 0 Å². The van der Waals surface area contributed by atoms with Gasteiger partial charge in [-0.1, -0.05) is 30.3 Å². The van der Waals surface area contributed by atoms with Crippen molar-refractivity contribution in [2.45, 2.75) is 31.2 Å². The van der Waals surface area contributed by atoms with E-state index in [2.05, 4.69) is 0 Å². The highest BCUT2D eigenvalue weighted by atomic mass is 127. The van der Waals surface area contributed by atoms with E-state index in [4.69, 9.17) is 4.74 Å². The number of carbonyl (C=O) groups excluding carboxylic acids is 1. The maximum atomic E-state index is 12.8. The lowest BCUT2D eigenvalue weighted by Crippen LogP contribution is -2.51. The molecule has 26 heavy (non-hydrogen) atoms. The molecule has 8 heteroatoms. The van der Waals surface area contributed by atoms with E-state index in [9.17, 15) is 18.0 Å². The maximum Gasteiger partial charge on any atom is 0.329 e. The Balaban J connectivity index is 2.38. The smallest absolute Gasteiger partial charge is 0.329 e. The fourth-order valence-electron chi connectivity index (χ4n) is 2.55. The molecule has 0 fully saturated rings. The third-order valence-electron chi connectivity index (χ3n) is 4.51. The predicted molar refractivity (Wildman–Crippen MR) is 108 cm³/mol. The van der Waals surface area contributed by atoms with Crippen LogP contribution < -0.4 is 5.56 Å². The summed E-state index contributed by atoms with van der Waals surface area (Å²) in [5.41, 5.74) is 0.367. The zero-order chi connectivity index (χ0) is 19.5. The third-order valence-corrected chi connectivity index (χ3v) is 7.23. The zero-order valence-electron chi connectivity index (χ0n) is 14.7. The van der Waals surface area contributed by atoms with Gasteiger partial charge in [-0.3, -0.25) is 9.59 Å². The van der Waals surface area contributed by atoms with E-state index in [0.29, 0.717) is 0 Å². The van der Waals surface area contributed by atoms with E-state index in [0.717, 1.165) is 15.4 Å². The van der Waals surface area contributed by atoms with E-state index in [-0.39, 0.29) is 12.2 Å². The van der Waals surface area contributed by atoms with Gasteiger partial charge in [0.15, 0.2) is 14.6 Å². The molecule has 2 aromatic rings. The lowest BCUT2D eigenvalue weighted by atomic mass is 10.0. The Kier molecular flexibility index (Phi) is 6.28. The molecule has 140 valence electrons. The largest absolute Gasteiger partial charge is 0.460 e. The second kappa shape index (κ2) is 7.91. The molecule has 0 amide bonds. The second-order valence-corrected chi connectivity index (χ2v) is 9.85. The number of nitrogens with zero attached hydrogens (tertiary/aromatic N) is 1. The Morgan fingerprint density at radius 3 is 2.42 bits per heavy atom. The predicted octanol–water partition coefficient (Wildman–Crippen LogP) is 2.56. The van der Waals surface area contributed by atoms with Gasteiger partial charge in [0.05, 0.1) is 6.04 Å². The molecule has 0 radical (unpaired) electrons. The van der Waals surface area contributed by atoms with Crippen molar-refractivity contribution < 1.29 is 17.9 Å². The van der Waals surface area contributed by atoms with Crippen LogP contribution in [0.4, 0.5) is 0 Å². The molecule has 0 spiro atoms. The van der Waals surface area contributed by atoms with Crippen LogP contribution in [0, 0.1) is 3.57 Å². The van der Waals surface area contributed by atoms with Crippen LogP contribution in [0.5, 0.6) is 0 Å². The number of ether oxygens (including phenoxy) is 1. The molecule has 1 aromatic heterocycles. The van der Waals surface area contributed by atoms with Crippen molar-refractivity contribution in [2.75, 3.05) is 6.26 Å². The number of esters is 1. The molecule has 1 unspecified atom stereocenters. The van der Waals surface area contributed by atoms with Crippen LogP contribution in [0.2, 0.25) is 0 Å². The van der Waals surface area contributed by atoms with Crippen LogP contribution in [0.3, 0.4) is 0 Å². The van der Waals surface area contributed by atoms with Gasteiger partial charge < -0.3 is 9.30 Å². The quantitative estimate of drug-likeness (QED) is 0.460. The standard InChI is InChI=1S/C18H20INO5S/c1-13(20-10-9-15(19)11-16(20)21)18(2,26(3,23)24)17(22)25-12-14-7-5-4-6-8-14/h4-11,13H,12H2,1-3H3/t13?,18-/m1/s1. The topological polar surface area (TPSA) is 82.4 Å². The van der Waals surface area contributed by atoms with E-state index in [1.165, 1.54) is 30.7 Å². The van der Waals surface area contributed by atoms with Crippen LogP contribution in [-0.2, 0) is 26.0 Å². The molecule has 0 aliphatic carbocycles. The molecule has 2 atom stereocenters. The highest BCUT2D eigenvalue weighted by molar-refractivity contribution is 14.1. The number of aromatic nitrogens is 1. The van der Waals surface area contributed by atoms with Crippen molar-refractivity contribution in [3.05, 3.63) is 68.1 Å². The number of rotatable bonds is 6. The average Bonchev–Trinajstić information content (AvgIpc) is 2.58. The first-order valence-corrected chi connectivity index (χ1v) is 10.8. The highest BCUT2D eigenvalue weighted by Gasteiger charge is 2.51. The fourth-order valence-corrected chi connectivity index (χ4v) is 4.07. The summed E-state index contributed by atoms with van der Waals surface area (Å²) in [4.78, 5) is 25.0. The average molecular weight is 489 g/mol. The highest BCUT2D eigenvalue weighted by Crippen LogP contribution is 2.31. The van der Waals surface area contributed by atoms with Crippen molar-refractivity contribution in [2.24, 2.45) is 0 Å². The summed E-state index contributed by atoms with van der Waals surface area (Å²) in [6.45, 7) is 2.78. The molecule has 0 aliphatic heterocycles. The minimum Gasteiger partial charge on any atom is -0.460 e. The fraction of sp³-hybridized carbons (Fsp3) is 0.333. The van der Waals surface area contributed by atoms with Crippen LogP contribution >= 0.6 is 22.6 Å². The van der Waals surface area contributed by atoms with E-state index in [1.807, 2.05) is 28.7 Å². The summed E-state index contributed by atoms with van der Waals surface area (Å²) in [6, 6.07) is 11.1. The van der Waals surface area contributed by atoms with E-state index < -0.39 is 26.6 Å². The zero-order valence-corrected chi connectivity index (χ0v) is 17.7. The van der Waals surface area contributed by atoms with Gasteiger partial charge in [-0.15, -0.1) is 0 Å². The normalized spacial score (nSPS) is 15.1. The van der Waals surface area contributed by atoms with Gasteiger partial charge in [-0.25, -0.2) is 8.42 Å². The van der Waals surface area contributed by atoms with Crippen molar-refractivity contribution in [1.29, 1.82) is 0 Å². The summed E-state index contributed by atoms with van der Waals surface area (Å²) in [5, 5.41) is 0. The van der Waals surface area contributed by atoms with Crippen LogP contribution in [0.1, 0.15) is 25.5 Å². The Hall–Kier alpha value is -1.68. The molecule has 2 rings (SSSR count). The van der Waals surface area contributed by atoms with Gasteiger partial charge in [0.25, 0.3) is 5.56 Å². The SMILES string of the molecule is CC(n1ccc(I)cc1=O)[C@](C)(C(=O)OCc1ccccc1)S(C)(=O)=O. The number of hydrogen-bond acceptors (Lipinski definition) is 5. The van der Waals surface area contributed by atoms with Crippen molar-refractivity contribution in [3.8, 4) is 0 Å². The van der Waals surface area contributed by atoms with Crippen molar-refractivity contribution >= 4 is 38.4 Å². The summed E-state index contributed by atoms with van der Waals surface area (Å²) < 4.78 is 30.3. The number of hydrogen-bond donors (Lipinski definition) is 0. The lowest BCUT2D eigenvalue weighted by Gasteiger charge is -2.32. The molecule has 0 N–H and O–H groups in total. The van der Waals surface area contributed by atoms with Gasteiger partial charge in [0.1, 0.15) is 6.61 Å². The molecule has 1 aromatic carbocycles. The van der Waals surface area contributed by atoms with Gasteiger partial charge in [-0.2, -0.15) is 0 Å². The Labute approximate surface area is 166 Å². The van der Waals surface area contributed by atoms with Crippen LogP contribution in [0.15, 0.2) is 53.5 Å². The van der Waals surface area contributed by atoms with Crippen LogP contribution in [-0.4, -0.2) is 30.0 Å². The number of sulfone groups is 1. The molecule has 0 bridgehead atoms. The maximum absolute atomic E-state index is 12.8. The number of benzene rings is 1. The summed E-state index contributed by atoms with van der Waals surface area (Å²) >= 11 is 1.99. The molecule has 0 saturated carbocycles. The van der Waals surface area contributed by atoms with Gasteiger partial charge >= 0.3 is 5.97 Å². The summed E-state index contributed by atoms with van der Waals surface area (Å²) in [5.74, 6) is -0.887. The Morgan fingerprint density at radius 1 is 1.27 bits per heavy atom. The molecular formula is C18H20INO5S. The number of halogens is 1. The molecule has 0 aliphatic rings. The molecule has 0 saturated heterocycles. The first-order chi connectivity index (χ1) is 12.1. The molecule has 6 nitrogen and oxygen atoms in total. The second-order valence-electron chi connectivity index (χ2n) is 6.21. The van der Waals surface area contributed by atoms with Gasteiger partial charge in [-0.05, 0) is 48.1 Å². The first-order valence-electron chi connectivity index (χ1n) is 7.86. The van der Waals surface area contributed by atoms with Gasteiger partial charge in [0, 0.05) is 22.1 Å². The Morgan fingerprint density at radius 2 is 1.88 bits per heavy atom. The minimum absolute atomic E-state index is 0.0426. The minimum atomic E-state index is -3.88. The number of carbonyl (C=O) groups is 1. The van der Waals surface area contributed by atoms with E-state index in [1.54, 1.807) is 30.3 Å². The molecular weight excluding hydrogens is 469 g/mol. The third kappa shape index (κ3) is 4.17. The van der Waals surface area contributed by atoms with Crippen molar-refractivity contribution in [1.82, 2.24) is 4.57 Å². The molecule has 1 heterocycles. The first kappa shape index (κ1) is 20.6. The monoisotopic (exact) mass is 489 g/mol. The summed E-state index contributed by atoms with van der Waals surface area (Å²) in [7, 11) is -3.88. The van der Waals surface area contributed by atoms with Crippen molar-refractivity contribution in [3.63, 3.8) is 0 Å². The number of pyridine rings is 1. The van der Waals surface area contributed by atoms with Crippen LogP contribution in [0.25, 0.3) is 0 Å². The lowest BCUT2D eigenvalue weighted by molar-refractivity contribution is -0.148. The van der Waals surface area contributed by atoms with E-state index >= 15 is 0 Å².